The third kappa shape index (κ3) is 26.5. The van der Waals surface area contributed by atoms with Crippen molar-refractivity contribution in [3.05, 3.63) is 65.7 Å². The summed E-state index contributed by atoms with van der Waals surface area (Å²) in [6.45, 7) is 17.0. The molecule has 0 aliphatic carbocycles. The topological polar surface area (TPSA) is 349 Å². The number of carbonyl (C=O) groups is 13. The summed E-state index contributed by atoms with van der Waals surface area (Å²) >= 11 is 1.38. The van der Waals surface area contributed by atoms with Crippen molar-refractivity contribution in [2.24, 2.45) is 47.2 Å². The van der Waals surface area contributed by atoms with Crippen LogP contribution in [0.4, 0.5) is 15.3 Å². The monoisotopic (exact) mass is 1430 g/mol. The Morgan fingerprint density at radius 3 is 2.01 bits per heavy atom. The molecular formula is C74H114N10O16S. The standard InChI is InChI=1S/C74H114N10O16S/c1-15-48(8)67(59(98-13)41-63(90)83-37-23-28-55(83)68(99-14)49(9)69(92)78-43-58(87)51-25-18-16-19-26-51)81(11)71(94)54(45(2)3)40-57(86)66(47(6)7)82(12)74(97)100-44-50-31-33-53(34-32-50)79-70(93)52(27-22-35-77-73(75)96)39-56(85)65(46(4)5)80-62(89)29-20-17-21-36-84-64(91)42-60(72(84)95)101-38-24-30-61(88)76-10/h16,18-19,25-26,31-34,45-49,52,54-55,59-60,65-68H,15,17,20-24,27-30,35-44H2,1-14H3,(H,76,88)(H,78,92)(H,79,93)(H,80,89)(H3,75,77,96)/t48-,49+,52+,54-,55-,59+,60?,65-,66-,67-,68+/m0/s1. The Morgan fingerprint density at radius 2 is 1.41 bits per heavy atom. The van der Waals surface area contributed by atoms with Crippen molar-refractivity contribution in [2.45, 2.75) is 207 Å². The van der Waals surface area contributed by atoms with E-state index in [1.165, 1.54) is 42.8 Å². The number of likely N-dealkylation sites (tertiary alicyclic amines) is 2. The second-order valence-corrected chi connectivity index (χ2v) is 29.1. The second kappa shape index (κ2) is 43.2. The minimum Gasteiger partial charge on any atom is -0.445 e. The number of rotatable bonds is 45. The Hall–Kier alpha value is -7.78. The smallest absolute Gasteiger partial charge is 0.410 e. The van der Waals surface area contributed by atoms with Gasteiger partial charge in [0, 0.05) is 110 Å². The molecule has 2 fully saturated rings. The van der Waals surface area contributed by atoms with Gasteiger partial charge in [-0.25, -0.2) is 9.59 Å². The third-order valence-electron chi connectivity index (χ3n) is 19.4. The first kappa shape index (κ1) is 85.6. The molecule has 0 radical (unpaired) electrons. The summed E-state index contributed by atoms with van der Waals surface area (Å²) in [5.41, 5.74) is 6.68. The lowest BCUT2D eigenvalue weighted by Gasteiger charge is -2.41. The molecule has 26 nitrogen and oxygen atoms in total. The van der Waals surface area contributed by atoms with E-state index in [1.54, 1.807) is 113 Å². The number of anilines is 1. The largest absolute Gasteiger partial charge is 0.445 e. The molecule has 2 heterocycles. The Labute approximate surface area is 601 Å². The van der Waals surface area contributed by atoms with E-state index >= 15 is 0 Å². The summed E-state index contributed by atoms with van der Waals surface area (Å²) in [7, 11) is 7.71. The van der Waals surface area contributed by atoms with Crippen molar-refractivity contribution >= 4 is 94.2 Å². The number of benzene rings is 2. The first-order valence-electron chi connectivity index (χ1n) is 35.7. The molecule has 0 aromatic heterocycles. The minimum absolute atomic E-state index is 0.0823. The number of thioether (sulfide) groups is 1. The number of hydrogen-bond acceptors (Lipinski definition) is 17. The Morgan fingerprint density at radius 1 is 0.733 bits per heavy atom. The van der Waals surface area contributed by atoms with Crippen molar-refractivity contribution in [3.63, 3.8) is 0 Å². The maximum atomic E-state index is 14.9. The number of ketones is 3. The molecule has 101 heavy (non-hydrogen) atoms. The van der Waals surface area contributed by atoms with Gasteiger partial charge in [-0.3, -0.25) is 57.6 Å². The summed E-state index contributed by atoms with van der Waals surface area (Å²) in [4.78, 5) is 180. The van der Waals surface area contributed by atoms with Crippen molar-refractivity contribution in [1.82, 2.24) is 40.9 Å². The van der Waals surface area contributed by atoms with Crippen molar-refractivity contribution in [1.29, 1.82) is 0 Å². The molecule has 2 aliphatic rings. The van der Waals surface area contributed by atoms with Gasteiger partial charge in [0.1, 0.15) is 6.61 Å². The fourth-order valence-electron chi connectivity index (χ4n) is 13.3. The van der Waals surface area contributed by atoms with Gasteiger partial charge in [-0.15, -0.1) is 11.8 Å². The van der Waals surface area contributed by atoms with Crippen LogP contribution in [0.1, 0.15) is 175 Å². The molecule has 2 saturated heterocycles. The van der Waals surface area contributed by atoms with Gasteiger partial charge in [-0.1, -0.05) is 118 Å². The van der Waals surface area contributed by atoms with Gasteiger partial charge in [0.25, 0.3) is 0 Å². The average Bonchev–Trinajstić information content (AvgIpc) is 1.32. The lowest BCUT2D eigenvalue weighted by Crippen LogP contribution is -2.54. The van der Waals surface area contributed by atoms with E-state index in [4.69, 9.17) is 19.9 Å². The number of primary amides is 1. The van der Waals surface area contributed by atoms with E-state index < -0.39 is 83.3 Å². The summed E-state index contributed by atoms with van der Waals surface area (Å²) in [5, 5.41) is 13.0. The summed E-state index contributed by atoms with van der Waals surface area (Å²) in [5.74, 6) is -6.31. The number of imide groups is 1. The van der Waals surface area contributed by atoms with Crippen molar-refractivity contribution in [3.8, 4) is 0 Å². The number of unbranched alkanes of at least 4 members (excludes halogenated alkanes) is 2. The van der Waals surface area contributed by atoms with Gasteiger partial charge in [0.05, 0.1) is 60.5 Å². The van der Waals surface area contributed by atoms with Gasteiger partial charge in [0.2, 0.25) is 47.3 Å². The number of urea groups is 1. The highest BCUT2D eigenvalue weighted by atomic mass is 32.2. The SMILES string of the molecule is CC[C@H](C)[C@@H]([C@@H](CC(=O)N1CCC[C@H]1[C@H](OC)[C@@H](C)C(=O)NCC(=O)c1ccccc1)OC)N(C)C(=O)[C@@H](CC(=O)[C@H](C(C)C)N(C)C(=O)OCc1ccc(NC(=O)[C@H](CCCNC(N)=O)CC(=O)[C@@H](NC(=O)CCCCCN2C(=O)CC(SCCCC(=O)NC)C2=O)C(C)C)cc1)C(C)C. The van der Waals surface area contributed by atoms with Gasteiger partial charge < -0.3 is 61.2 Å². The van der Waals surface area contributed by atoms with Crippen LogP contribution >= 0.6 is 11.8 Å². The molecule has 4 rings (SSSR count). The Kier molecular flexibility index (Phi) is 36.7. The van der Waals surface area contributed by atoms with Crippen molar-refractivity contribution in [2.75, 3.05) is 72.6 Å². The molecule has 1 unspecified atom stereocenters. The van der Waals surface area contributed by atoms with Crippen LogP contribution in [0.2, 0.25) is 0 Å². The first-order chi connectivity index (χ1) is 47.9. The second-order valence-electron chi connectivity index (χ2n) is 27.8. The van der Waals surface area contributed by atoms with Gasteiger partial charge in [-0.05, 0) is 92.1 Å². The molecule has 562 valence electrons. The number of nitrogens with one attached hydrogen (secondary N) is 5. The predicted molar refractivity (Wildman–Crippen MR) is 386 cm³/mol. The van der Waals surface area contributed by atoms with Crippen LogP contribution in [0.3, 0.4) is 0 Å². The molecule has 11 atom stereocenters. The Balaban J connectivity index is 1.34. The molecular weight excluding hydrogens is 1320 g/mol. The van der Waals surface area contributed by atoms with E-state index in [0.717, 1.165) is 0 Å². The van der Waals surface area contributed by atoms with Crippen LogP contribution in [-0.4, -0.2) is 205 Å². The number of nitrogens with two attached hydrogens (primary N) is 1. The minimum atomic E-state index is -0.980. The molecule has 11 amide bonds. The van der Waals surface area contributed by atoms with Crippen LogP contribution in [0, 0.1) is 41.4 Å². The predicted octanol–water partition coefficient (Wildman–Crippen LogP) is 7.48. The highest BCUT2D eigenvalue weighted by Gasteiger charge is 2.44. The Bertz CT molecular complexity index is 3100. The van der Waals surface area contributed by atoms with E-state index in [1.807, 2.05) is 27.7 Å². The van der Waals surface area contributed by atoms with Gasteiger partial charge in [-0.2, -0.15) is 0 Å². The average molecular weight is 1430 g/mol. The van der Waals surface area contributed by atoms with Crippen LogP contribution in [0.25, 0.3) is 0 Å². The third-order valence-corrected chi connectivity index (χ3v) is 20.7. The molecule has 0 bridgehead atoms. The first-order valence-corrected chi connectivity index (χ1v) is 36.8. The number of amides is 11. The number of likely N-dealkylation sites (N-methyl/N-ethyl adjacent to an activating group) is 2. The van der Waals surface area contributed by atoms with Crippen molar-refractivity contribution < 1.29 is 76.5 Å². The lowest BCUT2D eigenvalue weighted by atomic mass is 9.83. The van der Waals surface area contributed by atoms with E-state index in [-0.39, 0.29) is 141 Å². The maximum Gasteiger partial charge on any atom is 0.410 e. The number of carbonyl (C=O) groups excluding carboxylic acids is 13. The van der Waals surface area contributed by atoms with Crippen LogP contribution < -0.4 is 32.3 Å². The summed E-state index contributed by atoms with van der Waals surface area (Å²) in [6.07, 6.45) is 2.28. The molecule has 2 aromatic carbocycles. The molecule has 27 heteroatoms. The molecule has 0 spiro atoms. The zero-order valence-corrected chi connectivity index (χ0v) is 62.8. The number of methoxy groups -OCH3 is 2. The maximum absolute atomic E-state index is 14.9. The highest BCUT2D eigenvalue weighted by Crippen LogP contribution is 2.33. The fourth-order valence-corrected chi connectivity index (χ4v) is 14.5. The van der Waals surface area contributed by atoms with E-state index in [9.17, 15) is 62.3 Å². The number of hydrogen-bond donors (Lipinski definition) is 6. The zero-order chi connectivity index (χ0) is 75.2. The summed E-state index contributed by atoms with van der Waals surface area (Å²) in [6, 6.07) is 11.5. The molecule has 7 N–H and O–H groups in total. The fraction of sp³-hybridized carbons (Fsp3) is 0.662. The van der Waals surface area contributed by atoms with E-state index in [2.05, 4.69) is 26.6 Å². The normalized spacial score (nSPS) is 17.2. The van der Waals surface area contributed by atoms with Crippen LogP contribution in [0.5, 0.6) is 0 Å². The van der Waals surface area contributed by atoms with Gasteiger partial charge in [0.15, 0.2) is 17.3 Å². The number of nitrogens with zero attached hydrogens (tertiary/aromatic N) is 4. The lowest BCUT2D eigenvalue weighted by molar-refractivity contribution is -0.149. The molecule has 2 aliphatic heterocycles. The highest BCUT2D eigenvalue weighted by molar-refractivity contribution is 8.00. The summed E-state index contributed by atoms with van der Waals surface area (Å²) < 4.78 is 17.8. The van der Waals surface area contributed by atoms with Crippen LogP contribution in [0.15, 0.2) is 54.6 Å². The number of ether oxygens (including phenoxy) is 3. The number of Topliss-reactive ketones (excluding diaryl/α,β-unsaturated/α-hetero) is 3. The molecule has 0 saturated carbocycles. The molecule has 2 aromatic rings. The zero-order valence-electron chi connectivity index (χ0n) is 61.9. The van der Waals surface area contributed by atoms with Gasteiger partial charge >= 0.3 is 12.1 Å². The quantitative estimate of drug-likeness (QED) is 0.0212. The van der Waals surface area contributed by atoms with Crippen LogP contribution in [-0.2, 0) is 68.8 Å². The van der Waals surface area contributed by atoms with E-state index in [0.29, 0.717) is 86.9 Å².